The van der Waals surface area contributed by atoms with Gasteiger partial charge in [-0.2, -0.15) is 0 Å². The van der Waals surface area contributed by atoms with E-state index in [1.165, 1.54) is 4.90 Å². The van der Waals surface area contributed by atoms with Crippen molar-refractivity contribution in [2.75, 3.05) is 13.2 Å². The number of benzene rings is 1. The van der Waals surface area contributed by atoms with Crippen LogP contribution >= 0.6 is 0 Å². The zero-order valence-corrected chi connectivity index (χ0v) is 17.5. The van der Waals surface area contributed by atoms with E-state index in [2.05, 4.69) is 11.9 Å². The third-order valence-electron chi connectivity index (χ3n) is 5.17. The number of amides is 1. The molecule has 2 heterocycles. The van der Waals surface area contributed by atoms with E-state index in [0.717, 1.165) is 24.8 Å². The topological polar surface area (TPSA) is 79.7 Å². The Bertz CT molecular complexity index is 907. The highest BCUT2D eigenvalue weighted by Crippen LogP contribution is 2.39. The lowest BCUT2D eigenvalue weighted by Gasteiger charge is -2.24. The third-order valence-corrected chi connectivity index (χ3v) is 5.17. The van der Waals surface area contributed by atoms with Crippen LogP contribution in [0, 0.1) is 0 Å². The number of hydrogen-bond donors (Lipinski definition) is 1. The average Bonchev–Trinajstić information content (AvgIpc) is 3.02. The number of rotatable bonds is 9. The summed E-state index contributed by atoms with van der Waals surface area (Å²) < 4.78 is 5.71. The second-order valence-electron chi connectivity index (χ2n) is 7.35. The molecule has 1 aliphatic rings. The van der Waals surface area contributed by atoms with Gasteiger partial charge in [-0.05, 0) is 54.8 Å². The van der Waals surface area contributed by atoms with E-state index < -0.39 is 17.7 Å². The fourth-order valence-corrected chi connectivity index (χ4v) is 3.65. The average molecular weight is 408 g/mol. The summed E-state index contributed by atoms with van der Waals surface area (Å²) in [5.41, 5.74) is 1.33. The van der Waals surface area contributed by atoms with Crippen molar-refractivity contribution in [1.82, 2.24) is 9.88 Å². The van der Waals surface area contributed by atoms with Crippen molar-refractivity contribution in [2.24, 2.45) is 0 Å². The van der Waals surface area contributed by atoms with Crippen molar-refractivity contribution < 1.29 is 19.4 Å². The summed E-state index contributed by atoms with van der Waals surface area (Å²) in [6, 6.07) is 9.86. The molecule has 1 aliphatic heterocycles. The first-order chi connectivity index (χ1) is 14.6. The maximum atomic E-state index is 12.8. The Balaban J connectivity index is 1.93. The highest BCUT2D eigenvalue weighted by atomic mass is 16.5. The van der Waals surface area contributed by atoms with E-state index >= 15 is 0 Å². The van der Waals surface area contributed by atoms with Gasteiger partial charge >= 0.3 is 0 Å². The molecular weight excluding hydrogens is 380 g/mol. The van der Waals surface area contributed by atoms with Gasteiger partial charge in [0.25, 0.3) is 11.7 Å². The van der Waals surface area contributed by atoms with E-state index in [0.29, 0.717) is 30.9 Å². The molecule has 6 heteroatoms. The number of pyridine rings is 1. The Kier molecular flexibility index (Phi) is 7.22. The minimum atomic E-state index is -0.664. The number of aromatic nitrogens is 1. The van der Waals surface area contributed by atoms with Crippen LogP contribution in [0.5, 0.6) is 5.75 Å². The first kappa shape index (κ1) is 21.6. The Morgan fingerprint density at radius 1 is 1.03 bits per heavy atom. The van der Waals surface area contributed by atoms with Crippen LogP contribution in [0.15, 0.2) is 54.4 Å². The third kappa shape index (κ3) is 4.53. The van der Waals surface area contributed by atoms with Crippen LogP contribution in [0.1, 0.15) is 56.7 Å². The monoisotopic (exact) mass is 408 g/mol. The summed E-state index contributed by atoms with van der Waals surface area (Å²) in [6.07, 6.45) is 7.18. The number of unbranched alkanes of at least 4 members (excludes halogenated alkanes) is 2. The van der Waals surface area contributed by atoms with Crippen molar-refractivity contribution in [1.29, 1.82) is 0 Å². The molecule has 2 aromatic rings. The Hall–Kier alpha value is -3.15. The fraction of sp³-hybridized carbons (Fsp3) is 0.375. The van der Waals surface area contributed by atoms with Gasteiger partial charge in [0.1, 0.15) is 11.5 Å². The van der Waals surface area contributed by atoms with Gasteiger partial charge in [0, 0.05) is 24.5 Å². The van der Waals surface area contributed by atoms with Gasteiger partial charge in [0.15, 0.2) is 0 Å². The predicted octanol–water partition coefficient (Wildman–Crippen LogP) is 4.48. The molecule has 1 atom stereocenters. The number of Topliss-reactive ketones (excluding diaryl/α,β-unsaturated/α-hetero) is 1. The molecule has 0 spiro atoms. The van der Waals surface area contributed by atoms with Crippen molar-refractivity contribution in [3.63, 3.8) is 0 Å². The molecule has 158 valence electrons. The van der Waals surface area contributed by atoms with E-state index in [-0.39, 0.29) is 11.3 Å². The maximum absolute atomic E-state index is 12.8. The highest BCUT2D eigenvalue weighted by molar-refractivity contribution is 6.46. The van der Waals surface area contributed by atoms with Gasteiger partial charge in [0.05, 0.1) is 18.2 Å². The number of likely N-dealkylation sites (tertiary alicyclic amines) is 1. The number of hydrogen-bond acceptors (Lipinski definition) is 5. The zero-order chi connectivity index (χ0) is 21.5. The first-order valence-corrected chi connectivity index (χ1v) is 10.5. The number of ether oxygens (including phenoxy) is 1. The maximum Gasteiger partial charge on any atom is 0.295 e. The quantitative estimate of drug-likeness (QED) is 0.286. The SMILES string of the molecule is CCCCCOc1ccc(/C(O)=C2/C(=O)C(=O)N(CCC)C2c2ccncc2)cc1. The largest absolute Gasteiger partial charge is 0.507 e. The number of aliphatic hydroxyl groups excluding tert-OH is 1. The highest BCUT2D eigenvalue weighted by Gasteiger charge is 2.45. The number of nitrogens with zero attached hydrogens (tertiary/aromatic N) is 2. The molecule has 0 radical (unpaired) electrons. The van der Waals surface area contributed by atoms with Crippen LogP contribution in [0.3, 0.4) is 0 Å². The summed E-state index contributed by atoms with van der Waals surface area (Å²) >= 11 is 0. The Morgan fingerprint density at radius 3 is 2.37 bits per heavy atom. The lowest BCUT2D eigenvalue weighted by atomic mass is 9.96. The second kappa shape index (κ2) is 10.1. The molecule has 1 amide bonds. The van der Waals surface area contributed by atoms with Gasteiger partial charge in [-0.25, -0.2) is 0 Å². The van der Waals surface area contributed by atoms with Crippen LogP contribution in [-0.2, 0) is 9.59 Å². The minimum absolute atomic E-state index is 0.108. The summed E-state index contributed by atoms with van der Waals surface area (Å²) in [5, 5.41) is 11.0. The van der Waals surface area contributed by atoms with Crippen molar-refractivity contribution in [3.8, 4) is 5.75 Å². The molecule has 1 aromatic heterocycles. The number of ketones is 1. The first-order valence-electron chi connectivity index (χ1n) is 10.5. The van der Waals surface area contributed by atoms with Gasteiger partial charge in [0.2, 0.25) is 0 Å². The molecule has 0 saturated carbocycles. The molecule has 6 nitrogen and oxygen atoms in total. The molecule has 1 N–H and O–H groups in total. The minimum Gasteiger partial charge on any atom is -0.507 e. The van der Waals surface area contributed by atoms with Crippen molar-refractivity contribution in [2.45, 2.75) is 45.6 Å². The Labute approximate surface area is 177 Å². The Morgan fingerprint density at radius 2 is 1.73 bits per heavy atom. The number of aliphatic hydroxyl groups is 1. The molecule has 0 bridgehead atoms. The van der Waals surface area contributed by atoms with E-state index in [1.54, 1.807) is 48.8 Å². The van der Waals surface area contributed by atoms with E-state index in [1.807, 2.05) is 6.92 Å². The van der Waals surface area contributed by atoms with Crippen LogP contribution in [0.4, 0.5) is 0 Å². The van der Waals surface area contributed by atoms with Gasteiger partial charge < -0.3 is 14.7 Å². The molecule has 1 fully saturated rings. The number of carbonyl (C=O) groups excluding carboxylic acids is 2. The van der Waals surface area contributed by atoms with Crippen LogP contribution in [-0.4, -0.2) is 39.8 Å². The molecule has 30 heavy (non-hydrogen) atoms. The molecule has 3 rings (SSSR count). The molecule has 1 saturated heterocycles. The molecule has 1 unspecified atom stereocenters. The predicted molar refractivity (Wildman–Crippen MR) is 115 cm³/mol. The second-order valence-corrected chi connectivity index (χ2v) is 7.35. The molecule has 1 aromatic carbocycles. The lowest BCUT2D eigenvalue weighted by Crippen LogP contribution is -2.30. The fourth-order valence-electron chi connectivity index (χ4n) is 3.65. The molecular formula is C24H28N2O4. The lowest BCUT2D eigenvalue weighted by molar-refractivity contribution is -0.139. The van der Waals surface area contributed by atoms with Crippen LogP contribution in [0.2, 0.25) is 0 Å². The van der Waals surface area contributed by atoms with Gasteiger partial charge in [-0.3, -0.25) is 14.6 Å². The number of carbonyl (C=O) groups is 2. The molecule has 0 aliphatic carbocycles. The van der Waals surface area contributed by atoms with Gasteiger partial charge in [-0.1, -0.05) is 26.7 Å². The zero-order valence-electron chi connectivity index (χ0n) is 17.5. The van der Waals surface area contributed by atoms with E-state index in [4.69, 9.17) is 4.74 Å². The normalized spacial score (nSPS) is 18.1. The smallest absolute Gasteiger partial charge is 0.295 e. The van der Waals surface area contributed by atoms with Crippen LogP contribution < -0.4 is 4.74 Å². The standard InChI is InChI=1S/C24H28N2O4/c1-3-5-6-16-30-19-9-7-18(8-10-19)22(27)20-21(17-11-13-25-14-12-17)26(15-4-2)24(29)23(20)28/h7-14,21,27H,3-6,15-16H2,1-2H3/b22-20-. The summed E-state index contributed by atoms with van der Waals surface area (Å²) in [4.78, 5) is 31.0. The summed E-state index contributed by atoms with van der Waals surface area (Å²) in [6.45, 7) is 5.16. The van der Waals surface area contributed by atoms with Crippen molar-refractivity contribution >= 4 is 17.4 Å². The van der Waals surface area contributed by atoms with E-state index in [9.17, 15) is 14.7 Å². The van der Waals surface area contributed by atoms with Crippen molar-refractivity contribution in [3.05, 3.63) is 65.5 Å². The van der Waals surface area contributed by atoms with Gasteiger partial charge in [-0.15, -0.1) is 0 Å². The summed E-state index contributed by atoms with van der Waals surface area (Å²) in [7, 11) is 0. The summed E-state index contributed by atoms with van der Waals surface area (Å²) in [5.74, 6) is -0.718. The van der Waals surface area contributed by atoms with Crippen LogP contribution in [0.25, 0.3) is 5.76 Å².